The van der Waals surface area contributed by atoms with Gasteiger partial charge >= 0.3 is 0 Å². The van der Waals surface area contributed by atoms with E-state index in [1.807, 2.05) is 49.7 Å². The van der Waals surface area contributed by atoms with Gasteiger partial charge in [-0.1, -0.05) is 12.1 Å². The number of aliphatic hydroxyl groups is 1. The molecule has 0 bridgehead atoms. The van der Waals surface area contributed by atoms with E-state index < -0.39 is 6.10 Å². The van der Waals surface area contributed by atoms with Crippen LogP contribution in [0.25, 0.3) is 11.0 Å². The first-order valence-electron chi connectivity index (χ1n) is 6.56. The first-order valence-corrected chi connectivity index (χ1v) is 6.56. The zero-order valence-electron chi connectivity index (χ0n) is 12.1. The van der Waals surface area contributed by atoms with Crippen LogP contribution in [0.4, 0.5) is 0 Å². The van der Waals surface area contributed by atoms with Gasteiger partial charge in [0.15, 0.2) is 0 Å². The molecule has 0 amide bonds. The smallest absolute Gasteiger partial charge is 0.112 e. The van der Waals surface area contributed by atoms with Gasteiger partial charge in [-0.25, -0.2) is 4.98 Å². The molecule has 2 rings (SSSR count). The number of nitrogens with zero attached hydrogens (tertiary/aromatic N) is 2. The van der Waals surface area contributed by atoms with Gasteiger partial charge in [0.05, 0.1) is 22.7 Å². The molecule has 0 spiro atoms. The van der Waals surface area contributed by atoms with Crippen molar-refractivity contribution in [2.24, 2.45) is 7.05 Å². The largest absolute Gasteiger partial charge is 0.393 e. The molecule has 0 aliphatic rings. The van der Waals surface area contributed by atoms with Crippen LogP contribution in [0.3, 0.4) is 0 Å². The molecular formula is C15H22N2O2. The summed E-state index contributed by atoms with van der Waals surface area (Å²) < 4.78 is 7.39. The van der Waals surface area contributed by atoms with Crippen LogP contribution in [0, 0.1) is 0 Å². The van der Waals surface area contributed by atoms with E-state index in [0.29, 0.717) is 12.8 Å². The summed E-state index contributed by atoms with van der Waals surface area (Å²) in [6.45, 7) is 3.95. The Bertz CT molecular complexity index is 560. The Morgan fingerprint density at radius 2 is 2.05 bits per heavy atom. The van der Waals surface area contributed by atoms with E-state index in [1.165, 1.54) is 0 Å². The summed E-state index contributed by atoms with van der Waals surface area (Å²) >= 11 is 0. The van der Waals surface area contributed by atoms with Gasteiger partial charge in [-0.05, 0) is 26.0 Å². The minimum Gasteiger partial charge on any atom is -0.393 e. The predicted octanol–water partition coefficient (Wildman–Crippen LogP) is 2.29. The third-order valence-electron chi connectivity index (χ3n) is 3.58. The molecule has 1 unspecified atom stereocenters. The van der Waals surface area contributed by atoms with Gasteiger partial charge in [0.2, 0.25) is 0 Å². The topological polar surface area (TPSA) is 47.3 Å². The maximum Gasteiger partial charge on any atom is 0.112 e. The summed E-state index contributed by atoms with van der Waals surface area (Å²) in [5, 5.41) is 10.2. The summed E-state index contributed by atoms with van der Waals surface area (Å²) in [5.74, 6) is 0.903. The highest BCUT2D eigenvalue weighted by molar-refractivity contribution is 5.75. The van der Waals surface area contributed by atoms with Crippen molar-refractivity contribution >= 4 is 11.0 Å². The summed E-state index contributed by atoms with van der Waals surface area (Å²) in [4.78, 5) is 4.57. The minimum atomic E-state index is -0.453. The lowest BCUT2D eigenvalue weighted by Gasteiger charge is -2.25. The lowest BCUT2D eigenvalue weighted by Crippen LogP contribution is -2.30. The molecule has 0 aliphatic heterocycles. The van der Waals surface area contributed by atoms with E-state index in [-0.39, 0.29) is 5.60 Å². The van der Waals surface area contributed by atoms with Crippen molar-refractivity contribution in [2.75, 3.05) is 7.11 Å². The van der Waals surface area contributed by atoms with Crippen LogP contribution >= 0.6 is 0 Å². The molecule has 4 heteroatoms. The maximum absolute atomic E-state index is 10.2. The Balaban J connectivity index is 2.15. The number of imidazole rings is 1. The van der Waals surface area contributed by atoms with Gasteiger partial charge < -0.3 is 14.4 Å². The van der Waals surface area contributed by atoms with Crippen LogP contribution in [0.2, 0.25) is 0 Å². The molecule has 0 fully saturated rings. The number of benzene rings is 1. The van der Waals surface area contributed by atoms with Gasteiger partial charge in [-0.2, -0.15) is 0 Å². The van der Waals surface area contributed by atoms with Gasteiger partial charge in [0.25, 0.3) is 0 Å². The molecule has 1 atom stereocenters. The van der Waals surface area contributed by atoms with Gasteiger partial charge in [-0.3, -0.25) is 0 Å². The average Bonchev–Trinajstić information content (AvgIpc) is 2.66. The van der Waals surface area contributed by atoms with E-state index in [2.05, 4.69) is 4.98 Å². The highest BCUT2D eigenvalue weighted by Crippen LogP contribution is 2.20. The van der Waals surface area contributed by atoms with Crippen molar-refractivity contribution < 1.29 is 9.84 Å². The van der Waals surface area contributed by atoms with Crippen LogP contribution in [0.5, 0.6) is 0 Å². The number of hydrogen-bond acceptors (Lipinski definition) is 3. The van der Waals surface area contributed by atoms with E-state index >= 15 is 0 Å². The SMILES string of the molecule is COC(C)(C)CC(O)Cc1nc2ccccc2n1C. The van der Waals surface area contributed by atoms with Crippen LogP contribution in [0.1, 0.15) is 26.1 Å². The first-order chi connectivity index (χ1) is 8.93. The number of aromatic nitrogens is 2. The number of aliphatic hydroxyl groups excluding tert-OH is 1. The summed E-state index contributed by atoms with van der Waals surface area (Å²) in [7, 11) is 3.65. The Morgan fingerprint density at radius 1 is 1.37 bits per heavy atom. The van der Waals surface area contributed by atoms with Crippen molar-refractivity contribution in [2.45, 2.75) is 38.4 Å². The molecule has 1 aromatic carbocycles. The molecule has 4 nitrogen and oxygen atoms in total. The van der Waals surface area contributed by atoms with E-state index in [0.717, 1.165) is 16.9 Å². The Labute approximate surface area is 114 Å². The number of hydrogen-bond donors (Lipinski definition) is 1. The Morgan fingerprint density at radius 3 is 2.68 bits per heavy atom. The first kappa shape index (κ1) is 14.0. The number of para-hydroxylation sites is 2. The molecule has 1 aromatic heterocycles. The zero-order chi connectivity index (χ0) is 14.0. The normalized spacial score (nSPS) is 13.9. The number of methoxy groups -OCH3 is 1. The molecule has 1 heterocycles. The highest BCUT2D eigenvalue weighted by atomic mass is 16.5. The third kappa shape index (κ3) is 3.14. The van der Waals surface area contributed by atoms with Crippen molar-refractivity contribution in [3.05, 3.63) is 30.1 Å². The van der Waals surface area contributed by atoms with Crippen LogP contribution < -0.4 is 0 Å². The highest BCUT2D eigenvalue weighted by Gasteiger charge is 2.23. The fourth-order valence-corrected chi connectivity index (χ4v) is 2.31. The third-order valence-corrected chi connectivity index (χ3v) is 3.58. The van der Waals surface area contributed by atoms with Gasteiger partial charge in [0, 0.05) is 27.0 Å². The number of aryl methyl sites for hydroxylation is 1. The molecule has 104 valence electrons. The molecule has 2 aromatic rings. The Kier molecular flexibility index (Phi) is 3.92. The van der Waals surface area contributed by atoms with Crippen molar-refractivity contribution in [3.8, 4) is 0 Å². The van der Waals surface area contributed by atoms with Gasteiger partial charge in [0.1, 0.15) is 5.82 Å². The van der Waals surface area contributed by atoms with Crippen LogP contribution in [-0.4, -0.2) is 33.5 Å². The lowest BCUT2D eigenvalue weighted by molar-refractivity contribution is -0.0195. The second-order valence-electron chi connectivity index (χ2n) is 5.60. The predicted molar refractivity (Wildman–Crippen MR) is 76.1 cm³/mol. The molecule has 19 heavy (non-hydrogen) atoms. The summed E-state index contributed by atoms with van der Waals surface area (Å²) in [6.07, 6.45) is 0.676. The van der Waals surface area contributed by atoms with Gasteiger partial charge in [-0.15, -0.1) is 0 Å². The fraction of sp³-hybridized carbons (Fsp3) is 0.533. The summed E-state index contributed by atoms with van der Waals surface area (Å²) in [5.41, 5.74) is 1.75. The summed E-state index contributed by atoms with van der Waals surface area (Å²) in [6, 6.07) is 8.00. The quantitative estimate of drug-likeness (QED) is 0.899. The molecular weight excluding hydrogens is 240 g/mol. The molecule has 0 aliphatic carbocycles. The second kappa shape index (κ2) is 5.31. The molecule has 0 saturated carbocycles. The molecule has 0 radical (unpaired) electrons. The van der Waals surface area contributed by atoms with E-state index in [4.69, 9.17) is 4.74 Å². The average molecular weight is 262 g/mol. The second-order valence-corrected chi connectivity index (χ2v) is 5.60. The fourth-order valence-electron chi connectivity index (χ4n) is 2.31. The van der Waals surface area contributed by atoms with Crippen molar-refractivity contribution in [1.82, 2.24) is 9.55 Å². The van der Waals surface area contributed by atoms with E-state index in [9.17, 15) is 5.11 Å². The van der Waals surface area contributed by atoms with Crippen molar-refractivity contribution in [1.29, 1.82) is 0 Å². The number of fused-ring (bicyclic) bond motifs is 1. The van der Waals surface area contributed by atoms with Crippen LogP contribution in [0.15, 0.2) is 24.3 Å². The van der Waals surface area contributed by atoms with Crippen LogP contribution in [-0.2, 0) is 18.2 Å². The standard InChI is InChI=1S/C15H22N2O2/c1-15(2,19-4)10-11(18)9-14-16-12-7-5-6-8-13(12)17(14)3/h5-8,11,18H,9-10H2,1-4H3. The minimum absolute atomic E-state index is 0.315. The molecule has 1 N–H and O–H groups in total. The molecule has 0 saturated heterocycles. The zero-order valence-corrected chi connectivity index (χ0v) is 12.1. The number of rotatable bonds is 5. The maximum atomic E-state index is 10.2. The monoisotopic (exact) mass is 262 g/mol. The van der Waals surface area contributed by atoms with E-state index in [1.54, 1.807) is 7.11 Å². The Hall–Kier alpha value is -1.39. The number of ether oxygens (including phenoxy) is 1. The van der Waals surface area contributed by atoms with Crippen molar-refractivity contribution in [3.63, 3.8) is 0 Å². The lowest BCUT2D eigenvalue weighted by atomic mass is 9.98.